The van der Waals surface area contributed by atoms with Gasteiger partial charge in [0.05, 0.1) is 17.0 Å². The summed E-state index contributed by atoms with van der Waals surface area (Å²) in [6.07, 6.45) is -4.00. The summed E-state index contributed by atoms with van der Waals surface area (Å²) < 4.78 is 62.5. The van der Waals surface area contributed by atoms with Gasteiger partial charge in [-0.2, -0.15) is 13.2 Å². The molecule has 4 nitrogen and oxygen atoms in total. The van der Waals surface area contributed by atoms with E-state index < -0.39 is 21.8 Å². The highest BCUT2D eigenvalue weighted by Gasteiger charge is 2.33. The van der Waals surface area contributed by atoms with Crippen molar-refractivity contribution in [3.8, 4) is 0 Å². The Morgan fingerprint density at radius 3 is 2.47 bits per heavy atom. The van der Waals surface area contributed by atoms with Crippen LogP contribution in [0.5, 0.6) is 0 Å². The molecule has 1 heterocycles. The van der Waals surface area contributed by atoms with Gasteiger partial charge in [-0.25, -0.2) is 8.42 Å². The van der Waals surface area contributed by atoms with Gasteiger partial charge in [0, 0.05) is 13.1 Å². The highest BCUT2D eigenvalue weighted by Crippen LogP contribution is 2.34. The zero-order valence-corrected chi connectivity index (χ0v) is 10.8. The lowest BCUT2D eigenvalue weighted by Gasteiger charge is -2.21. The van der Waals surface area contributed by atoms with Crippen molar-refractivity contribution in [1.29, 1.82) is 0 Å². The zero-order chi connectivity index (χ0) is 14.3. The number of benzene rings is 1. The predicted molar refractivity (Wildman–Crippen MR) is 65.1 cm³/mol. The number of hydrogen-bond donors (Lipinski definition) is 1. The third-order valence-corrected chi connectivity index (χ3v) is 4.85. The van der Waals surface area contributed by atoms with E-state index in [1.807, 2.05) is 0 Å². The van der Waals surface area contributed by atoms with Gasteiger partial charge in [0.1, 0.15) is 0 Å². The second-order valence-electron chi connectivity index (χ2n) is 4.29. The van der Waals surface area contributed by atoms with E-state index in [-0.39, 0.29) is 30.1 Å². The van der Waals surface area contributed by atoms with E-state index in [9.17, 15) is 21.6 Å². The first-order chi connectivity index (χ1) is 8.75. The molecule has 1 aromatic rings. The zero-order valence-electron chi connectivity index (χ0n) is 9.94. The number of halogens is 3. The lowest BCUT2D eigenvalue weighted by molar-refractivity contribution is -0.137. The highest BCUT2D eigenvalue weighted by atomic mass is 32.2. The maximum atomic E-state index is 12.6. The third-order valence-electron chi connectivity index (χ3n) is 2.99. The van der Waals surface area contributed by atoms with E-state index in [2.05, 4.69) is 0 Å². The number of hydrogen-bond acceptors (Lipinski definition) is 3. The van der Waals surface area contributed by atoms with Gasteiger partial charge in [0.15, 0.2) is 0 Å². The first-order valence-corrected chi connectivity index (χ1v) is 7.27. The molecule has 1 saturated heterocycles. The number of sulfonamides is 1. The molecule has 8 heteroatoms. The molecular weight excluding hydrogens is 281 g/mol. The van der Waals surface area contributed by atoms with Gasteiger partial charge >= 0.3 is 6.18 Å². The van der Waals surface area contributed by atoms with Crippen molar-refractivity contribution >= 4 is 15.7 Å². The SMILES string of the molecule is NCc1cc(C(F)(F)F)ccc1N1CCCS1(=O)=O. The van der Waals surface area contributed by atoms with Crippen LogP contribution >= 0.6 is 0 Å². The van der Waals surface area contributed by atoms with Crippen LogP contribution in [0.4, 0.5) is 18.9 Å². The molecule has 0 spiro atoms. The molecule has 19 heavy (non-hydrogen) atoms. The third kappa shape index (κ3) is 2.69. The van der Waals surface area contributed by atoms with Gasteiger partial charge < -0.3 is 5.73 Å². The van der Waals surface area contributed by atoms with Crippen molar-refractivity contribution in [2.45, 2.75) is 19.1 Å². The number of rotatable bonds is 2. The van der Waals surface area contributed by atoms with Crippen LogP contribution in [-0.4, -0.2) is 20.7 Å². The molecule has 0 amide bonds. The summed E-state index contributed by atoms with van der Waals surface area (Å²) in [6.45, 7) is 0.131. The first kappa shape index (κ1) is 14.1. The first-order valence-electron chi connectivity index (χ1n) is 5.66. The van der Waals surface area contributed by atoms with E-state index in [1.54, 1.807) is 0 Å². The Morgan fingerprint density at radius 2 is 2.00 bits per heavy atom. The molecule has 0 radical (unpaired) electrons. The van der Waals surface area contributed by atoms with E-state index in [4.69, 9.17) is 5.73 Å². The van der Waals surface area contributed by atoms with Crippen LogP contribution in [0.25, 0.3) is 0 Å². The van der Waals surface area contributed by atoms with Crippen molar-refractivity contribution in [2.24, 2.45) is 5.73 Å². The minimum absolute atomic E-state index is 0.0119. The van der Waals surface area contributed by atoms with Gasteiger partial charge in [-0.05, 0) is 30.2 Å². The maximum absolute atomic E-state index is 12.6. The Hall–Kier alpha value is -1.28. The van der Waals surface area contributed by atoms with Gasteiger partial charge in [0.25, 0.3) is 0 Å². The molecule has 2 N–H and O–H groups in total. The molecule has 0 saturated carbocycles. The quantitative estimate of drug-likeness (QED) is 0.903. The van der Waals surface area contributed by atoms with E-state index in [1.165, 1.54) is 6.07 Å². The normalized spacial score (nSPS) is 18.8. The molecule has 1 fully saturated rings. The summed E-state index contributed by atoms with van der Waals surface area (Å²) >= 11 is 0. The smallest absolute Gasteiger partial charge is 0.326 e. The predicted octanol–water partition coefficient (Wildman–Crippen LogP) is 1.70. The summed E-state index contributed by atoms with van der Waals surface area (Å²) in [4.78, 5) is 0. The monoisotopic (exact) mass is 294 g/mol. The maximum Gasteiger partial charge on any atom is 0.416 e. The van der Waals surface area contributed by atoms with Crippen molar-refractivity contribution in [3.63, 3.8) is 0 Å². The Morgan fingerprint density at radius 1 is 1.32 bits per heavy atom. The number of nitrogens with zero attached hydrogens (tertiary/aromatic N) is 1. The van der Waals surface area contributed by atoms with Crippen LogP contribution in [0.3, 0.4) is 0 Å². The lowest BCUT2D eigenvalue weighted by Crippen LogP contribution is -2.27. The Labute approximate surface area is 109 Å². The van der Waals surface area contributed by atoms with Crippen LogP contribution in [0.2, 0.25) is 0 Å². The van der Waals surface area contributed by atoms with Gasteiger partial charge in [0.2, 0.25) is 10.0 Å². The molecule has 2 rings (SSSR count). The Bertz CT molecular complexity index is 584. The van der Waals surface area contributed by atoms with E-state index >= 15 is 0 Å². The molecule has 0 aromatic heterocycles. The lowest BCUT2D eigenvalue weighted by atomic mass is 10.1. The van der Waals surface area contributed by atoms with Crippen LogP contribution in [-0.2, 0) is 22.7 Å². The second kappa shape index (κ2) is 4.68. The van der Waals surface area contributed by atoms with Crippen molar-refractivity contribution in [2.75, 3.05) is 16.6 Å². The molecule has 0 unspecified atom stereocenters. The average molecular weight is 294 g/mol. The van der Waals surface area contributed by atoms with Crippen LogP contribution in [0.15, 0.2) is 18.2 Å². The fourth-order valence-electron chi connectivity index (χ4n) is 2.08. The summed E-state index contributed by atoms with van der Waals surface area (Å²) in [6, 6.07) is 2.96. The topological polar surface area (TPSA) is 63.4 Å². The van der Waals surface area contributed by atoms with Crippen LogP contribution in [0.1, 0.15) is 17.5 Å². The van der Waals surface area contributed by atoms with Crippen molar-refractivity contribution < 1.29 is 21.6 Å². The summed E-state index contributed by atoms with van der Waals surface area (Å²) in [5.74, 6) is 0.0119. The van der Waals surface area contributed by atoms with Gasteiger partial charge in [-0.1, -0.05) is 0 Å². The Balaban J connectivity index is 2.48. The molecule has 0 bridgehead atoms. The minimum Gasteiger partial charge on any atom is -0.326 e. The molecule has 0 aliphatic carbocycles. The minimum atomic E-state index is -4.47. The largest absolute Gasteiger partial charge is 0.416 e. The number of nitrogens with two attached hydrogens (primary N) is 1. The fraction of sp³-hybridized carbons (Fsp3) is 0.455. The van der Waals surface area contributed by atoms with Crippen molar-refractivity contribution in [3.05, 3.63) is 29.3 Å². The molecular formula is C11H13F3N2O2S. The van der Waals surface area contributed by atoms with Crippen molar-refractivity contribution in [1.82, 2.24) is 0 Å². The molecule has 1 aliphatic rings. The molecule has 1 aliphatic heterocycles. The number of anilines is 1. The van der Waals surface area contributed by atoms with Gasteiger partial charge in [-0.3, -0.25) is 4.31 Å². The van der Waals surface area contributed by atoms with Crippen LogP contribution < -0.4 is 10.0 Å². The summed E-state index contributed by atoms with van der Waals surface area (Å²) in [5.41, 5.74) is 5.03. The van der Waals surface area contributed by atoms with Gasteiger partial charge in [-0.15, -0.1) is 0 Å². The summed E-state index contributed by atoms with van der Waals surface area (Å²) in [5, 5.41) is 0. The molecule has 0 atom stereocenters. The fourth-order valence-corrected chi connectivity index (χ4v) is 3.68. The summed E-state index contributed by atoms with van der Waals surface area (Å²) in [7, 11) is -3.42. The Kier molecular flexibility index (Phi) is 3.48. The molecule has 1 aromatic carbocycles. The highest BCUT2D eigenvalue weighted by molar-refractivity contribution is 7.93. The standard InChI is InChI=1S/C11H13F3N2O2S/c12-11(13,14)9-2-3-10(8(6-9)7-15)16-4-1-5-19(16,17)18/h2-3,6H,1,4-5,7,15H2. The second-order valence-corrected chi connectivity index (χ2v) is 6.30. The van der Waals surface area contributed by atoms with Crippen LogP contribution in [0, 0.1) is 0 Å². The van der Waals surface area contributed by atoms with E-state index in [0.29, 0.717) is 6.42 Å². The van der Waals surface area contributed by atoms with E-state index in [0.717, 1.165) is 16.4 Å². The molecule has 106 valence electrons. The number of alkyl halides is 3. The average Bonchev–Trinajstić information content (AvgIpc) is 2.66.